The Kier molecular flexibility index (Phi) is 8.71. The molecule has 0 N–H and O–H groups in total. The summed E-state index contributed by atoms with van der Waals surface area (Å²) in [4.78, 5) is 22.0. The van der Waals surface area contributed by atoms with E-state index >= 15 is 0 Å². The molecule has 1 aromatic heterocycles. The van der Waals surface area contributed by atoms with Gasteiger partial charge in [-0.25, -0.2) is 4.98 Å². The molecule has 0 atom stereocenters. The van der Waals surface area contributed by atoms with Gasteiger partial charge in [0.2, 0.25) is 0 Å². The summed E-state index contributed by atoms with van der Waals surface area (Å²) in [5.74, 6) is -0.0584. The molecule has 1 heterocycles. The van der Waals surface area contributed by atoms with E-state index in [2.05, 4.69) is 34.7 Å². The third-order valence-corrected chi connectivity index (χ3v) is 6.23. The molecule has 0 aliphatic carbocycles. The monoisotopic (exact) mass is 501 g/mol. The number of rotatable bonds is 7. The van der Waals surface area contributed by atoms with E-state index in [1.54, 1.807) is 29.2 Å². The molecule has 3 aromatic rings. The van der Waals surface area contributed by atoms with E-state index in [4.69, 9.17) is 16.6 Å². The molecular weight excluding hydrogens is 481 g/mol. The lowest BCUT2D eigenvalue weighted by Gasteiger charge is -2.24. The number of amides is 1. The lowest BCUT2D eigenvalue weighted by Crippen LogP contribution is -2.38. The van der Waals surface area contributed by atoms with E-state index in [1.165, 1.54) is 11.3 Å². The summed E-state index contributed by atoms with van der Waals surface area (Å²) in [6.45, 7) is 7.54. The smallest absolute Gasteiger partial charge is 0.260 e. The summed E-state index contributed by atoms with van der Waals surface area (Å²) >= 11 is 11.0. The summed E-state index contributed by atoms with van der Waals surface area (Å²) in [6, 6.07) is 13.0. The minimum absolute atomic E-state index is 0. The van der Waals surface area contributed by atoms with Crippen LogP contribution in [0.25, 0.3) is 10.2 Å². The number of halogens is 3. The van der Waals surface area contributed by atoms with Gasteiger partial charge in [-0.1, -0.05) is 52.7 Å². The van der Waals surface area contributed by atoms with Crippen molar-refractivity contribution in [3.05, 3.63) is 57.5 Å². The van der Waals surface area contributed by atoms with Crippen LogP contribution >= 0.6 is 51.3 Å². The summed E-state index contributed by atoms with van der Waals surface area (Å²) in [6.07, 6.45) is 0. The van der Waals surface area contributed by atoms with Gasteiger partial charge >= 0.3 is 0 Å². The van der Waals surface area contributed by atoms with Crippen LogP contribution in [0.5, 0.6) is 0 Å². The van der Waals surface area contributed by atoms with Crippen molar-refractivity contribution in [2.24, 2.45) is 0 Å². The number of anilines is 1. The lowest BCUT2D eigenvalue weighted by atomic mass is 10.2. The topological polar surface area (TPSA) is 36.4 Å². The number of benzene rings is 2. The molecule has 0 fully saturated rings. The molecule has 3 rings (SSSR count). The Morgan fingerprint density at radius 2 is 1.79 bits per heavy atom. The molecular formula is C20H22BrCl2N3OS. The van der Waals surface area contributed by atoms with E-state index in [1.807, 2.05) is 18.2 Å². The van der Waals surface area contributed by atoms with Crippen LogP contribution in [0.3, 0.4) is 0 Å². The van der Waals surface area contributed by atoms with Gasteiger partial charge in [0.05, 0.1) is 10.2 Å². The molecule has 4 nitrogen and oxygen atoms in total. The minimum Gasteiger partial charge on any atom is -0.302 e. The molecule has 0 aliphatic rings. The van der Waals surface area contributed by atoms with Gasteiger partial charge in [-0.05, 0) is 55.6 Å². The van der Waals surface area contributed by atoms with Crippen molar-refractivity contribution >= 4 is 72.5 Å². The van der Waals surface area contributed by atoms with Crippen molar-refractivity contribution in [3.63, 3.8) is 0 Å². The average Bonchev–Trinajstić information content (AvgIpc) is 3.08. The fourth-order valence-corrected chi connectivity index (χ4v) is 4.48. The van der Waals surface area contributed by atoms with Crippen LogP contribution in [0.2, 0.25) is 5.02 Å². The van der Waals surface area contributed by atoms with E-state index in [-0.39, 0.29) is 18.3 Å². The van der Waals surface area contributed by atoms with Gasteiger partial charge < -0.3 is 4.90 Å². The van der Waals surface area contributed by atoms with Crippen LogP contribution in [-0.4, -0.2) is 42.0 Å². The summed E-state index contributed by atoms with van der Waals surface area (Å²) in [7, 11) is 0. The lowest BCUT2D eigenvalue weighted by molar-refractivity contribution is 0.0984. The minimum atomic E-state index is -0.0584. The van der Waals surface area contributed by atoms with Crippen LogP contribution in [0, 0.1) is 0 Å². The van der Waals surface area contributed by atoms with Gasteiger partial charge in [0.25, 0.3) is 5.91 Å². The molecule has 0 unspecified atom stereocenters. The van der Waals surface area contributed by atoms with Crippen LogP contribution < -0.4 is 4.90 Å². The molecule has 0 radical (unpaired) electrons. The number of fused-ring (bicyclic) bond motifs is 1. The number of thiazole rings is 1. The second-order valence-corrected chi connectivity index (χ2v) is 8.46. The highest BCUT2D eigenvalue weighted by Gasteiger charge is 2.22. The largest absolute Gasteiger partial charge is 0.302 e. The van der Waals surface area contributed by atoms with Crippen molar-refractivity contribution in [2.75, 3.05) is 31.1 Å². The first kappa shape index (κ1) is 23.1. The van der Waals surface area contributed by atoms with Crippen molar-refractivity contribution in [1.82, 2.24) is 9.88 Å². The average molecular weight is 503 g/mol. The molecule has 0 bridgehead atoms. The van der Waals surface area contributed by atoms with E-state index < -0.39 is 0 Å². The molecule has 0 spiro atoms. The van der Waals surface area contributed by atoms with E-state index in [9.17, 15) is 4.79 Å². The van der Waals surface area contributed by atoms with Crippen LogP contribution in [0.4, 0.5) is 5.13 Å². The first-order valence-electron chi connectivity index (χ1n) is 8.87. The first-order valence-corrected chi connectivity index (χ1v) is 10.9. The maximum absolute atomic E-state index is 13.2. The quantitative estimate of drug-likeness (QED) is 0.390. The van der Waals surface area contributed by atoms with Gasteiger partial charge in [-0.2, -0.15) is 0 Å². The summed E-state index contributed by atoms with van der Waals surface area (Å²) in [5.41, 5.74) is 1.51. The van der Waals surface area contributed by atoms with Crippen molar-refractivity contribution in [3.8, 4) is 0 Å². The second kappa shape index (κ2) is 10.6. The number of carbonyl (C=O) groups is 1. The Morgan fingerprint density at radius 3 is 2.43 bits per heavy atom. The third-order valence-electron chi connectivity index (χ3n) is 4.44. The molecule has 0 aliphatic heterocycles. The normalized spacial score (nSPS) is 10.9. The summed E-state index contributed by atoms with van der Waals surface area (Å²) in [5, 5.41) is 1.33. The third kappa shape index (κ3) is 5.45. The van der Waals surface area contributed by atoms with Gasteiger partial charge in [-0.15, -0.1) is 12.4 Å². The molecule has 0 saturated carbocycles. The van der Waals surface area contributed by atoms with Crippen molar-refractivity contribution < 1.29 is 4.79 Å². The van der Waals surface area contributed by atoms with Crippen LogP contribution in [0.1, 0.15) is 24.2 Å². The Hall–Kier alpha value is -1.18. The highest BCUT2D eigenvalue weighted by molar-refractivity contribution is 9.10. The number of likely N-dealkylation sites (N-methyl/N-ethyl adjacent to an activating group) is 1. The number of hydrogen-bond acceptors (Lipinski definition) is 4. The zero-order chi connectivity index (χ0) is 19.4. The Labute approximate surface area is 189 Å². The molecule has 8 heteroatoms. The number of aromatic nitrogens is 1. The Balaban J connectivity index is 0.00000280. The van der Waals surface area contributed by atoms with E-state index in [0.717, 1.165) is 39.5 Å². The Morgan fingerprint density at radius 1 is 1.11 bits per heavy atom. The first-order chi connectivity index (χ1) is 13.0. The summed E-state index contributed by atoms with van der Waals surface area (Å²) < 4.78 is 2.06. The van der Waals surface area contributed by atoms with Gasteiger partial charge in [-0.3, -0.25) is 9.69 Å². The van der Waals surface area contributed by atoms with E-state index in [0.29, 0.717) is 17.1 Å². The maximum Gasteiger partial charge on any atom is 0.260 e. The van der Waals surface area contributed by atoms with Crippen LogP contribution in [0.15, 0.2) is 46.9 Å². The molecule has 1 amide bonds. The highest BCUT2D eigenvalue weighted by atomic mass is 79.9. The van der Waals surface area contributed by atoms with Crippen molar-refractivity contribution in [2.45, 2.75) is 13.8 Å². The fourth-order valence-electron chi connectivity index (χ4n) is 2.82. The second-order valence-electron chi connectivity index (χ2n) is 6.10. The maximum atomic E-state index is 13.2. The van der Waals surface area contributed by atoms with Gasteiger partial charge in [0.1, 0.15) is 0 Å². The molecule has 28 heavy (non-hydrogen) atoms. The van der Waals surface area contributed by atoms with Gasteiger partial charge in [0.15, 0.2) is 5.13 Å². The highest BCUT2D eigenvalue weighted by Crippen LogP contribution is 2.31. The number of carbonyl (C=O) groups excluding carboxylic acids is 1. The standard InChI is InChI=1S/C20H21BrClN3OS.ClH/c1-3-24(4-2)11-12-25(19(26)14-5-8-16(22)9-6-14)20-23-17-10-7-15(21)13-18(17)27-20;/h5-10,13H,3-4,11-12H2,1-2H3;1H. The molecule has 150 valence electrons. The zero-order valence-electron chi connectivity index (χ0n) is 15.7. The SMILES string of the molecule is CCN(CC)CCN(C(=O)c1ccc(Cl)cc1)c1nc2ccc(Br)cc2s1.Cl. The predicted molar refractivity (Wildman–Crippen MR) is 125 cm³/mol. The number of hydrogen-bond donors (Lipinski definition) is 0. The molecule has 0 saturated heterocycles. The zero-order valence-corrected chi connectivity index (χ0v) is 19.7. The van der Waals surface area contributed by atoms with Crippen molar-refractivity contribution in [1.29, 1.82) is 0 Å². The fraction of sp³-hybridized carbons (Fsp3) is 0.300. The van der Waals surface area contributed by atoms with Gasteiger partial charge in [0, 0.05) is 28.1 Å². The molecule has 2 aromatic carbocycles. The number of nitrogens with zero attached hydrogens (tertiary/aromatic N) is 3. The van der Waals surface area contributed by atoms with Crippen LogP contribution in [-0.2, 0) is 0 Å². The Bertz CT molecular complexity index is 929. The predicted octanol–water partition coefficient (Wildman–Crippen LogP) is 6.12.